The number of hydrogen-bond donors (Lipinski definition) is 1. The number of nitrogens with zero attached hydrogens (tertiary/aromatic N) is 1. The Kier molecular flexibility index (Phi) is 5.31. The molecule has 1 heterocycles. The molecule has 0 spiro atoms. The van der Waals surface area contributed by atoms with Crippen molar-refractivity contribution in [2.75, 3.05) is 19.4 Å². The topological polar surface area (TPSA) is 66.5 Å². The molecule has 1 amide bonds. The van der Waals surface area contributed by atoms with Gasteiger partial charge in [-0.3, -0.25) is 4.79 Å². The summed E-state index contributed by atoms with van der Waals surface area (Å²) in [5.74, 6) is -0.358. The van der Waals surface area contributed by atoms with Gasteiger partial charge in [-0.2, -0.15) is 0 Å². The second-order valence-corrected chi connectivity index (χ2v) is 9.98. The van der Waals surface area contributed by atoms with Crippen LogP contribution >= 0.6 is 22.9 Å². The Morgan fingerprint density at radius 3 is 2.44 bits per heavy atom. The van der Waals surface area contributed by atoms with Crippen LogP contribution in [0.1, 0.15) is 20.8 Å². The number of carbonyl (C=O) groups is 1. The molecule has 5 nitrogen and oxygen atoms in total. The molecule has 8 heteroatoms. The average molecular weight is 423 g/mol. The van der Waals surface area contributed by atoms with Crippen molar-refractivity contribution in [3.05, 3.63) is 57.4 Å². The van der Waals surface area contributed by atoms with E-state index in [-0.39, 0.29) is 10.8 Å². The van der Waals surface area contributed by atoms with Crippen molar-refractivity contribution in [1.29, 1.82) is 0 Å². The normalized spacial score (nSPS) is 11.9. The molecule has 0 radical (unpaired) electrons. The maximum absolute atomic E-state index is 12.8. The summed E-state index contributed by atoms with van der Waals surface area (Å²) in [6, 6.07) is 10.6. The first kappa shape index (κ1) is 19.8. The molecule has 0 saturated carbocycles. The van der Waals surface area contributed by atoms with Crippen LogP contribution in [0.15, 0.2) is 41.3 Å². The molecule has 0 unspecified atom stereocenters. The molecule has 1 aromatic heterocycles. The van der Waals surface area contributed by atoms with Gasteiger partial charge in [0.25, 0.3) is 5.91 Å². The molecular formula is C19H19ClN2O3S2. The molecule has 0 bridgehead atoms. The number of hydrogen-bond acceptors (Lipinski definition) is 4. The minimum Gasteiger partial charge on any atom is -0.321 e. The molecule has 3 aromatic rings. The summed E-state index contributed by atoms with van der Waals surface area (Å²) in [7, 11) is -0.665. The maximum atomic E-state index is 12.8. The Morgan fingerprint density at radius 2 is 1.81 bits per heavy atom. The number of aryl methyl sites for hydroxylation is 1. The van der Waals surface area contributed by atoms with Gasteiger partial charge in [-0.05, 0) is 43.2 Å². The summed E-state index contributed by atoms with van der Waals surface area (Å²) >= 11 is 7.69. The van der Waals surface area contributed by atoms with Crippen LogP contribution in [0.5, 0.6) is 0 Å². The highest BCUT2D eigenvalue weighted by Gasteiger charge is 2.22. The van der Waals surface area contributed by atoms with Gasteiger partial charge in [0.05, 0.1) is 9.92 Å². The van der Waals surface area contributed by atoms with Gasteiger partial charge in [0.1, 0.15) is 4.88 Å². The van der Waals surface area contributed by atoms with E-state index in [0.717, 1.165) is 25.5 Å². The van der Waals surface area contributed by atoms with Crippen LogP contribution in [0.3, 0.4) is 0 Å². The molecule has 0 aliphatic heterocycles. The first-order valence-electron chi connectivity index (χ1n) is 8.15. The monoisotopic (exact) mass is 422 g/mol. The zero-order chi connectivity index (χ0) is 19.9. The van der Waals surface area contributed by atoms with Crippen molar-refractivity contribution in [2.45, 2.75) is 18.7 Å². The van der Waals surface area contributed by atoms with Crippen LogP contribution in [0, 0.1) is 13.8 Å². The number of carbonyl (C=O) groups excluding carboxylic acids is 1. The van der Waals surface area contributed by atoms with E-state index in [1.54, 1.807) is 6.07 Å². The highest BCUT2D eigenvalue weighted by molar-refractivity contribution is 7.89. The van der Waals surface area contributed by atoms with Crippen molar-refractivity contribution < 1.29 is 13.2 Å². The quantitative estimate of drug-likeness (QED) is 0.664. The van der Waals surface area contributed by atoms with E-state index in [2.05, 4.69) is 5.32 Å². The predicted octanol–water partition coefficient (Wildman–Crippen LogP) is 4.67. The second-order valence-electron chi connectivity index (χ2n) is 6.40. The first-order chi connectivity index (χ1) is 12.6. The third kappa shape index (κ3) is 3.60. The van der Waals surface area contributed by atoms with Crippen molar-refractivity contribution in [3.63, 3.8) is 0 Å². The fourth-order valence-electron chi connectivity index (χ4n) is 2.65. The maximum Gasteiger partial charge on any atom is 0.267 e. The smallest absolute Gasteiger partial charge is 0.267 e. The molecule has 3 rings (SSSR count). The molecule has 0 fully saturated rings. The molecule has 142 valence electrons. The highest BCUT2D eigenvalue weighted by Crippen LogP contribution is 2.36. The number of halogens is 1. The van der Waals surface area contributed by atoms with Gasteiger partial charge in [0, 0.05) is 29.9 Å². The van der Waals surface area contributed by atoms with E-state index in [1.165, 1.54) is 31.5 Å². The van der Waals surface area contributed by atoms with Crippen LogP contribution < -0.4 is 5.32 Å². The predicted molar refractivity (Wildman–Crippen MR) is 112 cm³/mol. The minimum absolute atomic E-state index is 0.133. The van der Waals surface area contributed by atoms with Crippen LogP contribution in [0.25, 0.3) is 10.1 Å². The van der Waals surface area contributed by atoms with Crippen molar-refractivity contribution in [2.24, 2.45) is 0 Å². The Balaban J connectivity index is 2.03. The molecule has 27 heavy (non-hydrogen) atoms. The van der Waals surface area contributed by atoms with Crippen molar-refractivity contribution in [1.82, 2.24) is 4.31 Å². The van der Waals surface area contributed by atoms with Gasteiger partial charge >= 0.3 is 0 Å². The lowest BCUT2D eigenvalue weighted by Gasteiger charge is -2.16. The largest absolute Gasteiger partial charge is 0.321 e. The lowest BCUT2D eigenvalue weighted by atomic mass is 10.1. The van der Waals surface area contributed by atoms with E-state index in [9.17, 15) is 13.2 Å². The van der Waals surface area contributed by atoms with Crippen LogP contribution in [0.2, 0.25) is 5.02 Å². The van der Waals surface area contributed by atoms with Crippen molar-refractivity contribution in [3.8, 4) is 0 Å². The molecule has 2 aromatic carbocycles. The van der Waals surface area contributed by atoms with E-state index >= 15 is 0 Å². The first-order valence-corrected chi connectivity index (χ1v) is 10.8. The van der Waals surface area contributed by atoms with Gasteiger partial charge in [-0.1, -0.05) is 29.8 Å². The Bertz CT molecular complexity index is 1150. The third-order valence-electron chi connectivity index (χ3n) is 4.41. The third-order valence-corrected chi connectivity index (χ3v) is 7.88. The number of nitrogens with one attached hydrogen (secondary N) is 1. The van der Waals surface area contributed by atoms with E-state index in [4.69, 9.17) is 11.6 Å². The summed E-state index contributed by atoms with van der Waals surface area (Å²) in [5, 5.41) is 4.05. The fourth-order valence-corrected chi connectivity index (χ4v) is 5.08. The lowest BCUT2D eigenvalue weighted by molar-refractivity contribution is 0.103. The van der Waals surface area contributed by atoms with E-state index < -0.39 is 10.0 Å². The number of rotatable bonds is 4. The molecule has 0 saturated heterocycles. The summed E-state index contributed by atoms with van der Waals surface area (Å²) in [6.07, 6.45) is 0. The van der Waals surface area contributed by atoms with Gasteiger partial charge in [0.15, 0.2) is 0 Å². The Morgan fingerprint density at radius 1 is 1.15 bits per heavy atom. The average Bonchev–Trinajstić information content (AvgIpc) is 2.95. The number of thiophene rings is 1. The fraction of sp³-hybridized carbons (Fsp3) is 0.211. The molecular weight excluding hydrogens is 404 g/mol. The van der Waals surface area contributed by atoms with Gasteiger partial charge < -0.3 is 5.32 Å². The summed E-state index contributed by atoms with van der Waals surface area (Å²) < 4.78 is 27.0. The Labute approximate surface area is 167 Å². The van der Waals surface area contributed by atoms with Crippen LogP contribution in [-0.2, 0) is 10.0 Å². The standard InChI is InChI=1S/C19H19ClN2O3S2/c1-11-9-13(27(24,25)22(3)4)10-15(12(11)2)21-19(23)18-17(20)14-7-5-6-8-16(14)26-18/h5-10H,1-4H3,(H,21,23). The van der Waals surface area contributed by atoms with Crippen LogP contribution in [-0.4, -0.2) is 32.7 Å². The second kappa shape index (κ2) is 7.24. The van der Waals surface area contributed by atoms with E-state index in [1.807, 2.05) is 38.1 Å². The zero-order valence-corrected chi connectivity index (χ0v) is 17.7. The number of fused-ring (bicyclic) bond motifs is 1. The van der Waals surface area contributed by atoms with Gasteiger partial charge in [0.2, 0.25) is 10.0 Å². The highest BCUT2D eigenvalue weighted by atomic mass is 35.5. The molecule has 0 atom stereocenters. The SMILES string of the molecule is Cc1cc(S(=O)(=O)N(C)C)cc(NC(=O)c2sc3ccccc3c2Cl)c1C. The number of anilines is 1. The molecule has 1 N–H and O–H groups in total. The van der Waals surface area contributed by atoms with Crippen LogP contribution in [0.4, 0.5) is 5.69 Å². The van der Waals surface area contributed by atoms with E-state index in [0.29, 0.717) is 15.6 Å². The number of benzene rings is 2. The van der Waals surface area contributed by atoms with Crippen molar-refractivity contribution >= 4 is 54.6 Å². The zero-order valence-electron chi connectivity index (χ0n) is 15.3. The lowest BCUT2D eigenvalue weighted by Crippen LogP contribution is -2.23. The molecule has 0 aliphatic carbocycles. The number of amides is 1. The Hall–Kier alpha value is -1.93. The van der Waals surface area contributed by atoms with Gasteiger partial charge in [-0.25, -0.2) is 12.7 Å². The summed E-state index contributed by atoms with van der Waals surface area (Å²) in [5.41, 5.74) is 2.03. The molecule has 0 aliphatic rings. The number of sulfonamides is 1. The minimum atomic E-state index is -3.61. The van der Waals surface area contributed by atoms with Gasteiger partial charge in [-0.15, -0.1) is 11.3 Å². The summed E-state index contributed by atoms with van der Waals surface area (Å²) in [6.45, 7) is 3.65. The summed E-state index contributed by atoms with van der Waals surface area (Å²) in [4.78, 5) is 13.3.